The number of hydrogen-bond donors (Lipinski definition) is 0. The van der Waals surface area contributed by atoms with Crippen LogP contribution in [0.1, 0.15) is 13.8 Å². The molecule has 0 aliphatic heterocycles. The molecule has 1 aromatic rings. The van der Waals surface area contributed by atoms with Crippen molar-refractivity contribution in [2.24, 2.45) is 0 Å². The molecular formula is C17H30O4Si3. The van der Waals surface area contributed by atoms with Crippen LogP contribution in [0, 0.1) is 0 Å². The Morgan fingerprint density at radius 3 is 1.50 bits per heavy atom. The number of hydrogen-bond acceptors (Lipinski definition) is 4. The van der Waals surface area contributed by atoms with Gasteiger partial charge in [-0.1, -0.05) is 53.5 Å². The minimum Gasteiger partial charge on any atom is -0.397 e. The fourth-order valence-electron chi connectivity index (χ4n) is 3.02. The summed E-state index contributed by atoms with van der Waals surface area (Å²) in [6.07, 6.45) is 0. The molecule has 4 nitrogen and oxygen atoms in total. The van der Waals surface area contributed by atoms with Gasteiger partial charge in [-0.2, -0.15) is 0 Å². The molecule has 0 saturated carbocycles. The Hall–Kier alpha value is -0.809. The van der Waals surface area contributed by atoms with E-state index >= 15 is 0 Å². The summed E-state index contributed by atoms with van der Waals surface area (Å²) in [6, 6.07) is 10.6. The summed E-state index contributed by atoms with van der Waals surface area (Å²) >= 11 is 0. The van der Waals surface area contributed by atoms with Gasteiger partial charge in [0.15, 0.2) is 0 Å². The molecule has 24 heavy (non-hydrogen) atoms. The molecule has 0 heterocycles. The third kappa shape index (κ3) is 5.62. The van der Waals surface area contributed by atoms with Crippen molar-refractivity contribution in [2.45, 2.75) is 20.4 Å². The van der Waals surface area contributed by atoms with Crippen LogP contribution in [0.2, 0.25) is 6.55 Å². The summed E-state index contributed by atoms with van der Waals surface area (Å²) in [7, 11) is 1.31. The van der Waals surface area contributed by atoms with E-state index in [-0.39, 0.29) is 0 Å². The van der Waals surface area contributed by atoms with Crippen LogP contribution in [0.15, 0.2) is 52.1 Å². The maximum Gasteiger partial charge on any atom is 0.350 e. The van der Waals surface area contributed by atoms with Crippen molar-refractivity contribution in [1.82, 2.24) is 0 Å². The van der Waals surface area contributed by atoms with E-state index in [0.29, 0.717) is 0 Å². The van der Waals surface area contributed by atoms with Crippen LogP contribution in [-0.2, 0) is 17.7 Å². The number of benzene rings is 1. The number of allylic oxidation sites excluding steroid dienone is 2. The molecule has 0 bridgehead atoms. The van der Waals surface area contributed by atoms with Gasteiger partial charge in [0.2, 0.25) is 0 Å². The second-order valence-corrected chi connectivity index (χ2v) is 14.8. The monoisotopic (exact) mass is 382 g/mol. The molecule has 0 fully saturated rings. The molecule has 0 aliphatic rings. The molecule has 0 aromatic heterocycles. The van der Waals surface area contributed by atoms with E-state index in [1.54, 1.807) is 28.4 Å². The zero-order chi connectivity index (χ0) is 18.2. The fourth-order valence-corrected chi connectivity index (χ4v) is 11.3. The highest BCUT2D eigenvalue weighted by molar-refractivity contribution is 7.00. The summed E-state index contributed by atoms with van der Waals surface area (Å²) in [5.74, 6) is 0. The van der Waals surface area contributed by atoms with Crippen LogP contribution < -0.4 is 5.19 Å². The summed E-state index contributed by atoms with van der Waals surface area (Å²) in [5.41, 5.74) is 4.76. The highest BCUT2D eigenvalue weighted by Gasteiger charge is 2.29. The maximum absolute atomic E-state index is 5.55. The first-order chi connectivity index (χ1) is 11.4. The fraction of sp³-hybridized carbons (Fsp3) is 0.412. The minimum atomic E-state index is -2.02. The Labute approximate surface area is 150 Å². The Balaban J connectivity index is 3.38. The summed E-state index contributed by atoms with van der Waals surface area (Å²) in [6.45, 7) is 6.56. The zero-order valence-electron chi connectivity index (χ0n) is 15.8. The SMILES string of the molecule is CO[SiH](OC)C(C)=C[Si](C)(C=C(C)[SiH](OC)OC)c1ccccc1. The average Bonchev–Trinajstić information content (AvgIpc) is 2.57. The molecule has 0 amide bonds. The third-order valence-electron chi connectivity index (χ3n) is 4.05. The van der Waals surface area contributed by atoms with Gasteiger partial charge in [-0.15, -0.1) is 0 Å². The second kappa shape index (κ2) is 10.2. The van der Waals surface area contributed by atoms with Gasteiger partial charge in [-0.25, -0.2) is 0 Å². The molecule has 0 saturated heterocycles. The Morgan fingerprint density at radius 1 is 0.792 bits per heavy atom. The summed E-state index contributed by atoms with van der Waals surface area (Å²) < 4.78 is 22.2. The molecule has 0 spiro atoms. The van der Waals surface area contributed by atoms with Gasteiger partial charge in [-0.05, 0) is 24.2 Å². The molecular weight excluding hydrogens is 352 g/mol. The standard InChI is InChI=1S/C17H30O4Si3/c1-15(22(18-3)19-4)13-24(7,17-11-9-8-10-12-17)14-16(2)23(20-5)21-6/h8-14,22-23H,1-7H3. The molecule has 134 valence electrons. The second-order valence-electron chi connectivity index (χ2n) is 6.03. The quantitative estimate of drug-likeness (QED) is 0.613. The molecule has 0 N–H and O–H groups in total. The van der Waals surface area contributed by atoms with E-state index in [0.717, 1.165) is 0 Å². The number of rotatable bonds is 9. The van der Waals surface area contributed by atoms with E-state index in [4.69, 9.17) is 17.7 Å². The molecule has 0 aliphatic carbocycles. The normalized spacial score (nSPS) is 15.9. The minimum absolute atomic E-state index is 1.22. The first-order valence-corrected chi connectivity index (χ1v) is 13.7. The van der Waals surface area contributed by atoms with Gasteiger partial charge in [0.05, 0.1) is 0 Å². The first kappa shape index (κ1) is 21.2. The molecule has 0 radical (unpaired) electrons. The van der Waals surface area contributed by atoms with Crippen molar-refractivity contribution in [2.75, 3.05) is 28.4 Å². The van der Waals surface area contributed by atoms with Crippen LogP contribution in [0.4, 0.5) is 0 Å². The lowest BCUT2D eigenvalue weighted by molar-refractivity contribution is 0.287. The highest BCUT2D eigenvalue weighted by atomic mass is 28.3. The van der Waals surface area contributed by atoms with Crippen molar-refractivity contribution in [3.63, 3.8) is 0 Å². The van der Waals surface area contributed by atoms with Crippen molar-refractivity contribution < 1.29 is 17.7 Å². The zero-order valence-corrected chi connectivity index (χ0v) is 19.1. The van der Waals surface area contributed by atoms with E-state index in [9.17, 15) is 0 Å². The van der Waals surface area contributed by atoms with Crippen LogP contribution in [0.3, 0.4) is 0 Å². The predicted octanol–water partition coefficient (Wildman–Crippen LogP) is 2.05. The van der Waals surface area contributed by atoms with Gasteiger partial charge in [0, 0.05) is 28.4 Å². The predicted molar refractivity (Wildman–Crippen MR) is 108 cm³/mol. The summed E-state index contributed by atoms with van der Waals surface area (Å²) in [5, 5.41) is 3.79. The van der Waals surface area contributed by atoms with Crippen molar-refractivity contribution >= 4 is 31.8 Å². The van der Waals surface area contributed by atoms with Crippen LogP contribution in [0.5, 0.6) is 0 Å². The molecule has 0 unspecified atom stereocenters. The smallest absolute Gasteiger partial charge is 0.350 e. The highest BCUT2D eigenvalue weighted by Crippen LogP contribution is 2.17. The van der Waals surface area contributed by atoms with Crippen LogP contribution in [0.25, 0.3) is 0 Å². The summed E-state index contributed by atoms with van der Waals surface area (Å²) in [4.78, 5) is 0. The molecule has 0 atom stereocenters. The van der Waals surface area contributed by atoms with Crippen molar-refractivity contribution in [3.05, 3.63) is 52.1 Å². The van der Waals surface area contributed by atoms with Crippen LogP contribution >= 0.6 is 0 Å². The molecule has 1 rings (SSSR count). The van der Waals surface area contributed by atoms with E-state index in [2.05, 4.69) is 62.1 Å². The maximum atomic E-state index is 5.55. The van der Waals surface area contributed by atoms with Crippen molar-refractivity contribution in [3.8, 4) is 0 Å². The lowest BCUT2D eigenvalue weighted by atomic mass is 10.4. The van der Waals surface area contributed by atoms with Gasteiger partial charge in [-0.3, -0.25) is 0 Å². The van der Waals surface area contributed by atoms with E-state index in [1.165, 1.54) is 15.6 Å². The van der Waals surface area contributed by atoms with E-state index < -0.39 is 26.6 Å². The van der Waals surface area contributed by atoms with Gasteiger partial charge < -0.3 is 17.7 Å². The van der Waals surface area contributed by atoms with Crippen LogP contribution in [-0.4, -0.2) is 55.1 Å². The van der Waals surface area contributed by atoms with Gasteiger partial charge in [0.25, 0.3) is 0 Å². The third-order valence-corrected chi connectivity index (χ3v) is 11.9. The first-order valence-electron chi connectivity index (χ1n) is 7.97. The lowest BCUT2D eigenvalue weighted by Crippen LogP contribution is -2.44. The average molecular weight is 383 g/mol. The molecule has 1 aromatic carbocycles. The topological polar surface area (TPSA) is 36.9 Å². The largest absolute Gasteiger partial charge is 0.397 e. The Kier molecular flexibility index (Phi) is 9.06. The van der Waals surface area contributed by atoms with Crippen molar-refractivity contribution in [1.29, 1.82) is 0 Å². The Bertz CT molecular complexity index is 524. The lowest BCUT2D eigenvalue weighted by Gasteiger charge is -2.25. The Morgan fingerprint density at radius 2 is 1.17 bits per heavy atom. The van der Waals surface area contributed by atoms with Gasteiger partial charge >= 0.3 is 18.6 Å². The molecule has 7 heteroatoms. The van der Waals surface area contributed by atoms with E-state index in [1.807, 2.05) is 0 Å². The van der Waals surface area contributed by atoms with Gasteiger partial charge in [0.1, 0.15) is 8.07 Å².